The third kappa shape index (κ3) is 2.78. The van der Waals surface area contributed by atoms with Gasteiger partial charge in [-0.2, -0.15) is 0 Å². The minimum Gasteiger partial charge on any atom is -0.481 e. The minimum atomic E-state index is -0.866. The van der Waals surface area contributed by atoms with E-state index in [1.807, 2.05) is 38.1 Å². The van der Waals surface area contributed by atoms with Crippen LogP contribution in [0.2, 0.25) is 0 Å². The molecule has 0 aliphatic heterocycles. The van der Waals surface area contributed by atoms with Crippen LogP contribution in [-0.4, -0.2) is 28.9 Å². The topological polar surface area (TPSA) is 57.6 Å². The van der Waals surface area contributed by atoms with Crippen LogP contribution in [0.25, 0.3) is 0 Å². The van der Waals surface area contributed by atoms with E-state index in [0.29, 0.717) is 6.42 Å². The van der Waals surface area contributed by atoms with E-state index in [2.05, 4.69) is 0 Å². The second kappa shape index (κ2) is 5.03. The highest BCUT2D eigenvalue weighted by Crippen LogP contribution is 2.41. The average Bonchev–Trinajstić information content (AvgIpc) is 3.17. The van der Waals surface area contributed by atoms with Crippen molar-refractivity contribution in [1.82, 2.24) is 4.90 Å². The molecular formula is C15H19NO3. The Hall–Kier alpha value is -1.84. The molecule has 1 aliphatic carbocycles. The smallest absolute Gasteiger partial charge is 0.307 e. The van der Waals surface area contributed by atoms with E-state index in [4.69, 9.17) is 5.11 Å². The zero-order chi connectivity index (χ0) is 14.2. The summed E-state index contributed by atoms with van der Waals surface area (Å²) in [6, 6.07) is 8.00. The standard InChI is InChI=1S/C15H19NO3/c1-9-4-6-11(7-5-9)10(2)16(3)14(17)12-8-13(12)15(18)19/h4-7,10,12-13H,8H2,1-3H3,(H,18,19)/t10?,12-,13+/m1/s1. The molecule has 102 valence electrons. The van der Waals surface area contributed by atoms with Crippen molar-refractivity contribution in [3.05, 3.63) is 35.4 Å². The maximum atomic E-state index is 12.2. The van der Waals surface area contributed by atoms with Gasteiger partial charge in [0.05, 0.1) is 17.9 Å². The first kappa shape index (κ1) is 13.6. The summed E-state index contributed by atoms with van der Waals surface area (Å²) in [6.07, 6.45) is 0.471. The molecule has 4 nitrogen and oxygen atoms in total. The summed E-state index contributed by atoms with van der Waals surface area (Å²) in [5, 5.41) is 8.87. The minimum absolute atomic E-state index is 0.0388. The van der Waals surface area contributed by atoms with Crippen molar-refractivity contribution < 1.29 is 14.7 Å². The highest BCUT2D eigenvalue weighted by molar-refractivity contribution is 5.89. The lowest BCUT2D eigenvalue weighted by atomic mass is 10.1. The number of carboxylic acids is 1. The maximum Gasteiger partial charge on any atom is 0.307 e. The molecular weight excluding hydrogens is 242 g/mol. The van der Waals surface area contributed by atoms with Gasteiger partial charge in [0.2, 0.25) is 5.91 Å². The zero-order valence-electron chi connectivity index (χ0n) is 11.5. The number of amides is 1. The van der Waals surface area contributed by atoms with Gasteiger partial charge in [-0.05, 0) is 25.8 Å². The van der Waals surface area contributed by atoms with Crippen LogP contribution in [0.4, 0.5) is 0 Å². The first-order valence-electron chi connectivity index (χ1n) is 6.48. The fourth-order valence-electron chi connectivity index (χ4n) is 2.26. The number of aryl methyl sites for hydroxylation is 1. The van der Waals surface area contributed by atoms with Crippen molar-refractivity contribution in [2.75, 3.05) is 7.05 Å². The van der Waals surface area contributed by atoms with Crippen LogP contribution in [-0.2, 0) is 9.59 Å². The van der Waals surface area contributed by atoms with Crippen LogP contribution in [0.5, 0.6) is 0 Å². The second-order valence-corrected chi connectivity index (χ2v) is 5.32. The van der Waals surface area contributed by atoms with Gasteiger partial charge >= 0.3 is 5.97 Å². The van der Waals surface area contributed by atoms with E-state index in [-0.39, 0.29) is 17.9 Å². The molecule has 1 saturated carbocycles. The molecule has 4 heteroatoms. The Balaban J connectivity index is 2.03. The highest BCUT2D eigenvalue weighted by Gasteiger charge is 2.49. The summed E-state index contributed by atoms with van der Waals surface area (Å²) < 4.78 is 0. The Bertz CT molecular complexity index is 495. The monoisotopic (exact) mass is 261 g/mol. The number of hydrogen-bond donors (Lipinski definition) is 1. The van der Waals surface area contributed by atoms with Gasteiger partial charge in [0.25, 0.3) is 0 Å². The van der Waals surface area contributed by atoms with Crippen LogP contribution < -0.4 is 0 Å². The van der Waals surface area contributed by atoms with Gasteiger partial charge < -0.3 is 10.0 Å². The van der Waals surface area contributed by atoms with Gasteiger partial charge in [-0.3, -0.25) is 9.59 Å². The molecule has 0 bridgehead atoms. The van der Waals surface area contributed by atoms with E-state index >= 15 is 0 Å². The summed E-state index contributed by atoms with van der Waals surface area (Å²) in [6.45, 7) is 3.98. The molecule has 1 N–H and O–H groups in total. The molecule has 3 atom stereocenters. The van der Waals surface area contributed by atoms with Gasteiger partial charge in [0, 0.05) is 7.05 Å². The molecule has 1 unspecified atom stereocenters. The average molecular weight is 261 g/mol. The van der Waals surface area contributed by atoms with E-state index in [1.165, 1.54) is 5.56 Å². The molecule has 19 heavy (non-hydrogen) atoms. The van der Waals surface area contributed by atoms with Gasteiger partial charge in [-0.15, -0.1) is 0 Å². The Morgan fingerprint density at radius 3 is 2.32 bits per heavy atom. The fourth-order valence-corrected chi connectivity index (χ4v) is 2.26. The molecule has 0 heterocycles. The van der Waals surface area contributed by atoms with E-state index in [0.717, 1.165) is 5.56 Å². The first-order valence-corrected chi connectivity index (χ1v) is 6.48. The number of rotatable bonds is 4. The number of carbonyl (C=O) groups excluding carboxylic acids is 1. The number of nitrogens with zero attached hydrogens (tertiary/aromatic N) is 1. The summed E-state index contributed by atoms with van der Waals surface area (Å²) in [7, 11) is 1.74. The van der Waals surface area contributed by atoms with Gasteiger partial charge in [0.15, 0.2) is 0 Å². The lowest BCUT2D eigenvalue weighted by Gasteiger charge is -2.25. The van der Waals surface area contributed by atoms with E-state index < -0.39 is 11.9 Å². The zero-order valence-corrected chi connectivity index (χ0v) is 11.5. The summed E-state index contributed by atoms with van der Waals surface area (Å²) >= 11 is 0. The lowest BCUT2D eigenvalue weighted by molar-refractivity contribution is -0.142. The van der Waals surface area contributed by atoms with Crippen LogP contribution in [0.15, 0.2) is 24.3 Å². The number of carbonyl (C=O) groups is 2. The van der Waals surface area contributed by atoms with Crippen molar-refractivity contribution >= 4 is 11.9 Å². The molecule has 1 aromatic rings. The van der Waals surface area contributed by atoms with Crippen molar-refractivity contribution in [3.63, 3.8) is 0 Å². The Morgan fingerprint density at radius 1 is 1.26 bits per heavy atom. The second-order valence-electron chi connectivity index (χ2n) is 5.32. The van der Waals surface area contributed by atoms with Crippen LogP contribution in [0.3, 0.4) is 0 Å². The van der Waals surface area contributed by atoms with Gasteiger partial charge in [-0.25, -0.2) is 0 Å². The molecule has 0 radical (unpaired) electrons. The van der Waals surface area contributed by atoms with Crippen molar-refractivity contribution in [3.8, 4) is 0 Å². The third-order valence-electron chi connectivity index (χ3n) is 3.91. The Morgan fingerprint density at radius 2 is 1.84 bits per heavy atom. The molecule has 1 aliphatic rings. The number of hydrogen-bond acceptors (Lipinski definition) is 2. The van der Waals surface area contributed by atoms with Crippen LogP contribution in [0.1, 0.15) is 30.5 Å². The predicted molar refractivity (Wildman–Crippen MR) is 71.6 cm³/mol. The summed E-state index contributed by atoms with van der Waals surface area (Å²) in [5.41, 5.74) is 2.24. The molecule has 0 aromatic heterocycles. The molecule has 2 rings (SSSR count). The number of benzene rings is 1. The van der Waals surface area contributed by atoms with Crippen molar-refractivity contribution in [2.24, 2.45) is 11.8 Å². The van der Waals surface area contributed by atoms with E-state index in [9.17, 15) is 9.59 Å². The maximum absolute atomic E-state index is 12.2. The predicted octanol–water partition coefficient (Wildman–Crippen LogP) is 2.24. The van der Waals surface area contributed by atoms with E-state index in [1.54, 1.807) is 11.9 Å². The number of aliphatic carboxylic acids is 1. The Kier molecular flexibility index (Phi) is 3.60. The van der Waals surface area contributed by atoms with Crippen LogP contribution in [0, 0.1) is 18.8 Å². The van der Waals surface area contributed by atoms with Crippen molar-refractivity contribution in [2.45, 2.75) is 26.3 Å². The summed E-state index contributed by atoms with van der Waals surface area (Å²) in [5.74, 6) is -1.76. The molecule has 1 fully saturated rings. The Labute approximate surface area is 113 Å². The fraction of sp³-hybridized carbons (Fsp3) is 0.467. The molecule has 1 aromatic carbocycles. The lowest BCUT2D eigenvalue weighted by Crippen LogP contribution is -2.31. The third-order valence-corrected chi connectivity index (χ3v) is 3.91. The SMILES string of the molecule is Cc1ccc(C(C)N(C)C(=O)[C@@H]2C[C@@H]2C(=O)O)cc1. The summed E-state index contributed by atoms with van der Waals surface area (Å²) in [4.78, 5) is 24.6. The van der Waals surface area contributed by atoms with Crippen molar-refractivity contribution in [1.29, 1.82) is 0 Å². The molecule has 0 saturated heterocycles. The van der Waals surface area contributed by atoms with Gasteiger partial charge in [0.1, 0.15) is 0 Å². The number of carboxylic acid groups (broad SMARTS) is 1. The highest BCUT2D eigenvalue weighted by atomic mass is 16.4. The van der Waals surface area contributed by atoms with Crippen LogP contribution >= 0.6 is 0 Å². The molecule has 0 spiro atoms. The quantitative estimate of drug-likeness (QED) is 0.904. The largest absolute Gasteiger partial charge is 0.481 e. The first-order chi connectivity index (χ1) is 8.91. The van der Waals surface area contributed by atoms with Gasteiger partial charge in [-0.1, -0.05) is 29.8 Å². The normalized spacial score (nSPS) is 22.7. The molecule has 1 amide bonds.